The van der Waals surface area contributed by atoms with Crippen LogP contribution in [0.1, 0.15) is 48.1 Å². The third-order valence-electron chi connectivity index (χ3n) is 5.79. The summed E-state index contributed by atoms with van der Waals surface area (Å²) in [5, 5.41) is 2.95. The lowest BCUT2D eigenvalue weighted by atomic mass is 10.1. The van der Waals surface area contributed by atoms with Gasteiger partial charge in [0.2, 0.25) is 15.9 Å². The number of Topliss-reactive ketones (excluding diaryl/α,β-unsaturated/α-hetero) is 1. The number of rotatable bonds is 11. The zero-order valence-electron chi connectivity index (χ0n) is 19.0. The number of ketones is 1. The summed E-state index contributed by atoms with van der Waals surface area (Å²) in [6.45, 7) is 3.82. The maximum absolute atomic E-state index is 12.4. The maximum atomic E-state index is 12.4. The second kappa shape index (κ2) is 11.4. The molecule has 1 fully saturated rings. The Balaban J connectivity index is 1.52. The summed E-state index contributed by atoms with van der Waals surface area (Å²) in [7, 11) is -2.13. The first-order valence-corrected chi connectivity index (χ1v) is 12.5. The van der Waals surface area contributed by atoms with Gasteiger partial charge in [0.05, 0.1) is 18.0 Å². The molecule has 0 spiro atoms. The first-order chi connectivity index (χ1) is 15.8. The monoisotopic (exact) mass is 473 g/mol. The van der Waals surface area contributed by atoms with Crippen molar-refractivity contribution in [2.45, 2.75) is 37.1 Å². The van der Waals surface area contributed by atoms with Gasteiger partial charge in [0.25, 0.3) is 0 Å². The molecule has 1 aliphatic heterocycles. The Morgan fingerprint density at radius 2 is 1.67 bits per heavy atom. The van der Waals surface area contributed by atoms with E-state index in [0.717, 1.165) is 37.2 Å². The smallest absolute Gasteiger partial charge is 0.240 e. The number of hydrogen-bond acceptors (Lipinski definition) is 6. The zero-order valence-corrected chi connectivity index (χ0v) is 19.9. The van der Waals surface area contributed by atoms with E-state index < -0.39 is 10.0 Å². The number of likely N-dealkylation sites (tertiary alicyclic amines) is 1. The molecule has 1 atom stereocenters. The van der Waals surface area contributed by atoms with Crippen molar-refractivity contribution >= 4 is 21.7 Å². The largest absolute Gasteiger partial charge is 0.497 e. The highest BCUT2D eigenvalue weighted by atomic mass is 32.2. The number of nitrogens with one attached hydrogen (secondary N) is 2. The van der Waals surface area contributed by atoms with Crippen LogP contribution < -0.4 is 14.8 Å². The second-order valence-electron chi connectivity index (χ2n) is 8.06. The Kier molecular flexibility index (Phi) is 8.60. The third-order valence-corrected chi connectivity index (χ3v) is 7.27. The highest BCUT2D eigenvalue weighted by Crippen LogP contribution is 2.26. The number of benzene rings is 2. The fourth-order valence-corrected chi connectivity index (χ4v) is 4.92. The molecular weight excluding hydrogens is 442 g/mol. The Labute approximate surface area is 195 Å². The van der Waals surface area contributed by atoms with Crippen LogP contribution in [-0.2, 0) is 14.8 Å². The lowest BCUT2D eigenvalue weighted by Gasteiger charge is -2.28. The van der Waals surface area contributed by atoms with Crippen molar-refractivity contribution in [3.63, 3.8) is 0 Å². The molecule has 1 amide bonds. The van der Waals surface area contributed by atoms with E-state index in [1.807, 2.05) is 24.3 Å². The number of hydrogen-bond donors (Lipinski definition) is 2. The van der Waals surface area contributed by atoms with Crippen molar-refractivity contribution in [3.05, 3.63) is 59.7 Å². The van der Waals surface area contributed by atoms with Gasteiger partial charge in [0.1, 0.15) is 5.75 Å². The molecule has 1 aliphatic rings. The van der Waals surface area contributed by atoms with Crippen LogP contribution in [0.5, 0.6) is 5.75 Å². The van der Waals surface area contributed by atoms with Gasteiger partial charge in [-0.2, -0.15) is 0 Å². The molecule has 178 valence electrons. The van der Waals surface area contributed by atoms with E-state index in [0.29, 0.717) is 12.1 Å². The standard InChI is InChI=1S/C24H31N3O5S/c1-18(28)19-7-11-22(12-8-19)33(30,31)26-14-13-24(29)25-17-23(27-15-3-4-16-27)20-5-9-21(32-2)10-6-20/h5-12,23,26H,3-4,13-17H2,1-2H3,(H,25,29)/t23-/m0/s1. The highest BCUT2D eigenvalue weighted by molar-refractivity contribution is 7.89. The molecule has 0 radical (unpaired) electrons. The Morgan fingerprint density at radius 3 is 2.24 bits per heavy atom. The van der Waals surface area contributed by atoms with Crippen LogP contribution in [-0.4, -0.2) is 58.3 Å². The summed E-state index contributed by atoms with van der Waals surface area (Å²) in [5.41, 5.74) is 1.55. The second-order valence-corrected chi connectivity index (χ2v) is 9.83. The molecule has 2 N–H and O–H groups in total. The fraction of sp³-hybridized carbons (Fsp3) is 0.417. The molecular formula is C24H31N3O5S. The normalized spacial score (nSPS) is 15.2. The number of amides is 1. The van der Waals surface area contributed by atoms with E-state index in [9.17, 15) is 18.0 Å². The summed E-state index contributed by atoms with van der Waals surface area (Å²) in [6.07, 6.45) is 2.30. The number of sulfonamides is 1. The molecule has 2 aromatic rings. The van der Waals surface area contributed by atoms with Gasteiger partial charge in [0.15, 0.2) is 5.78 Å². The van der Waals surface area contributed by atoms with Crippen LogP contribution in [0.4, 0.5) is 0 Å². The minimum Gasteiger partial charge on any atom is -0.497 e. The molecule has 0 aromatic heterocycles. The zero-order chi connectivity index (χ0) is 23.8. The molecule has 8 nitrogen and oxygen atoms in total. The van der Waals surface area contributed by atoms with E-state index in [4.69, 9.17) is 4.74 Å². The Bertz CT molecular complexity index is 1050. The van der Waals surface area contributed by atoms with Crippen molar-refractivity contribution in [2.75, 3.05) is 33.3 Å². The van der Waals surface area contributed by atoms with Crippen molar-refractivity contribution in [3.8, 4) is 5.75 Å². The summed E-state index contributed by atoms with van der Waals surface area (Å²) >= 11 is 0. The molecule has 2 aromatic carbocycles. The SMILES string of the molecule is COc1ccc([C@H](CNC(=O)CCNS(=O)(=O)c2ccc(C(C)=O)cc2)N2CCCC2)cc1. The number of methoxy groups -OCH3 is 1. The van der Waals surface area contributed by atoms with Crippen LogP contribution in [0, 0.1) is 0 Å². The molecule has 1 saturated heterocycles. The summed E-state index contributed by atoms with van der Waals surface area (Å²) < 4.78 is 32.5. The van der Waals surface area contributed by atoms with Crippen molar-refractivity contribution in [1.29, 1.82) is 0 Å². The molecule has 9 heteroatoms. The summed E-state index contributed by atoms with van der Waals surface area (Å²) in [4.78, 5) is 26.2. The molecule has 33 heavy (non-hydrogen) atoms. The van der Waals surface area contributed by atoms with Crippen molar-refractivity contribution < 1.29 is 22.7 Å². The highest BCUT2D eigenvalue weighted by Gasteiger charge is 2.24. The van der Waals surface area contributed by atoms with E-state index in [1.54, 1.807) is 7.11 Å². The van der Waals surface area contributed by atoms with Crippen LogP contribution in [0.15, 0.2) is 53.4 Å². The Hall–Kier alpha value is -2.75. The lowest BCUT2D eigenvalue weighted by molar-refractivity contribution is -0.121. The van der Waals surface area contributed by atoms with Gasteiger partial charge >= 0.3 is 0 Å². The van der Waals surface area contributed by atoms with Gasteiger partial charge in [-0.3, -0.25) is 14.5 Å². The molecule has 3 rings (SSSR count). The number of carbonyl (C=O) groups is 2. The molecule has 0 saturated carbocycles. The van der Waals surface area contributed by atoms with Crippen molar-refractivity contribution in [2.24, 2.45) is 0 Å². The summed E-state index contributed by atoms with van der Waals surface area (Å²) in [6, 6.07) is 13.6. The van der Waals surface area contributed by atoms with Gasteiger partial charge < -0.3 is 10.1 Å². The average Bonchev–Trinajstić information content (AvgIpc) is 3.34. The van der Waals surface area contributed by atoms with Gasteiger partial charge in [-0.05, 0) is 62.7 Å². The summed E-state index contributed by atoms with van der Waals surface area (Å²) in [5.74, 6) is 0.430. The molecule has 0 unspecified atom stereocenters. The Morgan fingerprint density at radius 1 is 1.03 bits per heavy atom. The molecule has 0 bridgehead atoms. The van der Waals surface area contributed by atoms with Crippen LogP contribution in [0.3, 0.4) is 0 Å². The predicted octanol–water partition coefficient (Wildman–Crippen LogP) is 2.52. The average molecular weight is 474 g/mol. The molecule has 0 aliphatic carbocycles. The third kappa shape index (κ3) is 6.86. The lowest BCUT2D eigenvalue weighted by Crippen LogP contribution is -2.38. The quantitative estimate of drug-likeness (QED) is 0.486. The number of nitrogens with zero attached hydrogens (tertiary/aromatic N) is 1. The van der Waals surface area contributed by atoms with Crippen LogP contribution >= 0.6 is 0 Å². The number of carbonyl (C=O) groups excluding carboxylic acids is 2. The predicted molar refractivity (Wildman–Crippen MR) is 126 cm³/mol. The van der Waals surface area contributed by atoms with E-state index in [2.05, 4.69) is 14.9 Å². The molecule has 1 heterocycles. The number of ether oxygens (including phenoxy) is 1. The minimum atomic E-state index is -3.75. The topological polar surface area (TPSA) is 105 Å². The van der Waals surface area contributed by atoms with Gasteiger partial charge in [-0.25, -0.2) is 13.1 Å². The van der Waals surface area contributed by atoms with Gasteiger partial charge in [0, 0.05) is 25.1 Å². The minimum absolute atomic E-state index is 0.0143. The first-order valence-electron chi connectivity index (χ1n) is 11.1. The van der Waals surface area contributed by atoms with E-state index >= 15 is 0 Å². The van der Waals surface area contributed by atoms with Gasteiger partial charge in [-0.1, -0.05) is 24.3 Å². The van der Waals surface area contributed by atoms with Crippen LogP contribution in [0.25, 0.3) is 0 Å². The first kappa shape index (κ1) is 24.9. The van der Waals surface area contributed by atoms with E-state index in [1.165, 1.54) is 31.2 Å². The fourth-order valence-electron chi connectivity index (χ4n) is 3.89. The maximum Gasteiger partial charge on any atom is 0.240 e. The van der Waals surface area contributed by atoms with E-state index in [-0.39, 0.29) is 35.6 Å². The van der Waals surface area contributed by atoms with Crippen LogP contribution in [0.2, 0.25) is 0 Å². The van der Waals surface area contributed by atoms with Crippen molar-refractivity contribution in [1.82, 2.24) is 14.9 Å². The van der Waals surface area contributed by atoms with Gasteiger partial charge in [-0.15, -0.1) is 0 Å².